The van der Waals surface area contributed by atoms with Crippen LogP contribution in [-0.2, 0) is 0 Å². The second-order valence-electron chi connectivity index (χ2n) is 3.59. The molecule has 0 aliphatic heterocycles. The second-order valence-corrected chi connectivity index (χ2v) is 3.59. The Balaban J connectivity index is 3.25. The van der Waals surface area contributed by atoms with Crippen LogP contribution < -0.4 is 5.73 Å². The van der Waals surface area contributed by atoms with Crippen molar-refractivity contribution in [3.63, 3.8) is 0 Å². The summed E-state index contributed by atoms with van der Waals surface area (Å²) in [7, 11) is 0. The van der Waals surface area contributed by atoms with E-state index in [-0.39, 0.29) is 0 Å². The average molecular weight is 175 g/mol. The first kappa shape index (κ1) is 9.85. The fourth-order valence-corrected chi connectivity index (χ4v) is 1.53. The van der Waals surface area contributed by atoms with E-state index in [1.165, 1.54) is 16.7 Å². The maximum atomic E-state index is 5.42. The molecule has 1 aromatic carbocycles. The predicted molar refractivity (Wildman–Crippen MR) is 58.5 cm³/mol. The quantitative estimate of drug-likeness (QED) is 0.734. The second kappa shape index (κ2) is 4.13. The SMILES string of the molecule is Cc1cccc(C(C)C)c1/C=C\N. The van der Waals surface area contributed by atoms with Crippen LogP contribution in [0.15, 0.2) is 24.4 Å². The smallest absolute Gasteiger partial charge is 0.00562 e. The first-order chi connectivity index (χ1) is 6.16. The van der Waals surface area contributed by atoms with E-state index < -0.39 is 0 Å². The fourth-order valence-electron chi connectivity index (χ4n) is 1.53. The van der Waals surface area contributed by atoms with Gasteiger partial charge in [0.1, 0.15) is 0 Å². The van der Waals surface area contributed by atoms with Gasteiger partial charge in [0.05, 0.1) is 0 Å². The van der Waals surface area contributed by atoms with Crippen molar-refractivity contribution in [2.45, 2.75) is 26.7 Å². The molecule has 1 rings (SSSR count). The average Bonchev–Trinajstić information content (AvgIpc) is 2.08. The lowest BCUT2D eigenvalue weighted by molar-refractivity contribution is 0.862. The van der Waals surface area contributed by atoms with Crippen molar-refractivity contribution in [3.05, 3.63) is 41.1 Å². The summed E-state index contributed by atoms with van der Waals surface area (Å²) in [5.41, 5.74) is 9.33. The van der Waals surface area contributed by atoms with Gasteiger partial charge >= 0.3 is 0 Å². The van der Waals surface area contributed by atoms with Gasteiger partial charge in [-0.1, -0.05) is 32.0 Å². The van der Waals surface area contributed by atoms with Crippen molar-refractivity contribution >= 4 is 6.08 Å². The van der Waals surface area contributed by atoms with E-state index in [1.54, 1.807) is 6.20 Å². The van der Waals surface area contributed by atoms with Crippen LogP contribution in [0, 0.1) is 6.92 Å². The van der Waals surface area contributed by atoms with Crippen molar-refractivity contribution in [1.29, 1.82) is 0 Å². The Kier molecular flexibility index (Phi) is 3.13. The number of rotatable bonds is 2. The van der Waals surface area contributed by atoms with Gasteiger partial charge in [-0.05, 0) is 41.8 Å². The summed E-state index contributed by atoms with van der Waals surface area (Å²) < 4.78 is 0. The van der Waals surface area contributed by atoms with E-state index in [9.17, 15) is 0 Å². The molecule has 0 heterocycles. The van der Waals surface area contributed by atoms with E-state index in [2.05, 4.69) is 39.0 Å². The molecule has 0 aliphatic rings. The summed E-state index contributed by atoms with van der Waals surface area (Å²) in [6.45, 7) is 6.51. The van der Waals surface area contributed by atoms with Crippen LogP contribution in [0.4, 0.5) is 0 Å². The zero-order valence-electron chi connectivity index (χ0n) is 8.54. The molecule has 1 aromatic rings. The van der Waals surface area contributed by atoms with Crippen molar-refractivity contribution < 1.29 is 0 Å². The molecular weight excluding hydrogens is 158 g/mol. The Morgan fingerprint density at radius 2 is 2.00 bits per heavy atom. The molecule has 0 aliphatic carbocycles. The summed E-state index contributed by atoms with van der Waals surface area (Å²) >= 11 is 0. The van der Waals surface area contributed by atoms with Crippen molar-refractivity contribution in [3.8, 4) is 0 Å². The minimum Gasteiger partial charge on any atom is -0.405 e. The van der Waals surface area contributed by atoms with Crippen molar-refractivity contribution in [2.75, 3.05) is 0 Å². The van der Waals surface area contributed by atoms with Crippen LogP contribution in [0.5, 0.6) is 0 Å². The lowest BCUT2D eigenvalue weighted by atomic mass is 9.94. The highest BCUT2D eigenvalue weighted by Crippen LogP contribution is 2.23. The molecule has 0 saturated heterocycles. The molecule has 70 valence electrons. The zero-order valence-corrected chi connectivity index (χ0v) is 8.54. The van der Waals surface area contributed by atoms with E-state index in [0.717, 1.165) is 0 Å². The first-order valence-electron chi connectivity index (χ1n) is 4.64. The van der Waals surface area contributed by atoms with Gasteiger partial charge in [0.15, 0.2) is 0 Å². The van der Waals surface area contributed by atoms with Gasteiger partial charge in [-0.2, -0.15) is 0 Å². The van der Waals surface area contributed by atoms with Gasteiger partial charge in [-0.25, -0.2) is 0 Å². The fraction of sp³-hybridized carbons (Fsp3) is 0.333. The van der Waals surface area contributed by atoms with Gasteiger partial charge in [0.25, 0.3) is 0 Å². The molecule has 13 heavy (non-hydrogen) atoms. The third-order valence-corrected chi connectivity index (χ3v) is 2.24. The Labute approximate surface area is 80.3 Å². The number of hydrogen-bond donors (Lipinski definition) is 1. The molecule has 0 saturated carbocycles. The minimum atomic E-state index is 0.547. The molecule has 0 spiro atoms. The monoisotopic (exact) mass is 175 g/mol. The van der Waals surface area contributed by atoms with E-state index in [0.29, 0.717) is 5.92 Å². The lowest BCUT2D eigenvalue weighted by Crippen LogP contribution is -1.94. The van der Waals surface area contributed by atoms with Crippen molar-refractivity contribution in [2.24, 2.45) is 5.73 Å². The highest BCUT2D eigenvalue weighted by molar-refractivity contribution is 5.58. The van der Waals surface area contributed by atoms with Crippen LogP contribution in [0.25, 0.3) is 6.08 Å². The third kappa shape index (κ3) is 2.11. The van der Waals surface area contributed by atoms with E-state index >= 15 is 0 Å². The molecule has 0 fully saturated rings. The van der Waals surface area contributed by atoms with Crippen LogP contribution in [0.3, 0.4) is 0 Å². The molecule has 0 amide bonds. The minimum absolute atomic E-state index is 0.547. The van der Waals surface area contributed by atoms with Gasteiger partial charge in [-0.15, -0.1) is 0 Å². The largest absolute Gasteiger partial charge is 0.405 e. The summed E-state index contributed by atoms with van der Waals surface area (Å²) in [4.78, 5) is 0. The molecule has 2 N–H and O–H groups in total. The topological polar surface area (TPSA) is 26.0 Å². The first-order valence-corrected chi connectivity index (χ1v) is 4.64. The summed E-state index contributed by atoms with van der Waals surface area (Å²) in [6.07, 6.45) is 3.58. The molecular formula is C12H17N. The van der Waals surface area contributed by atoms with E-state index in [1.807, 2.05) is 6.08 Å². The molecule has 0 bridgehead atoms. The van der Waals surface area contributed by atoms with Crippen LogP contribution in [0.2, 0.25) is 0 Å². The maximum absolute atomic E-state index is 5.42. The Hall–Kier alpha value is -1.24. The zero-order chi connectivity index (χ0) is 9.84. The highest BCUT2D eigenvalue weighted by atomic mass is 14.5. The third-order valence-electron chi connectivity index (χ3n) is 2.24. The Bertz CT molecular complexity index is 311. The van der Waals surface area contributed by atoms with Gasteiger partial charge in [0.2, 0.25) is 0 Å². The van der Waals surface area contributed by atoms with Crippen LogP contribution >= 0.6 is 0 Å². The lowest BCUT2D eigenvalue weighted by Gasteiger charge is -2.11. The summed E-state index contributed by atoms with van der Waals surface area (Å²) in [5, 5.41) is 0. The Morgan fingerprint density at radius 1 is 1.31 bits per heavy atom. The number of nitrogens with two attached hydrogens (primary N) is 1. The number of benzene rings is 1. The van der Waals surface area contributed by atoms with Crippen LogP contribution in [-0.4, -0.2) is 0 Å². The van der Waals surface area contributed by atoms with Crippen molar-refractivity contribution in [1.82, 2.24) is 0 Å². The normalized spacial score (nSPS) is 11.4. The maximum Gasteiger partial charge on any atom is -0.00562 e. The van der Waals surface area contributed by atoms with Gasteiger partial charge in [0, 0.05) is 0 Å². The molecule has 0 aromatic heterocycles. The van der Waals surface area contributed by atoms with Gasteiger partial charge in [-0.3, -0.25) is 0 Å². The molecule has 0 radical (unpaired) electrons. The number of aryl methyl sites for hydroxylation is 1. The molecule has 0 unspecified atom stereocenters. The highest BCUT2D eigenvalue weighted by Gasteiger charge is 2.05. The standard InChI is InChI=1S/C12H17N/c1-9(2)11-6-4-5-10(3)12(11)7-8-13/h4-9H,13H2,1-3H3/b8-7-. The summed E-state index contributed by atoms with van der Waals surface area (Å²) in [6, 6.07) is 6.37. The summed E-state index contributed by atoms with van der Waals surface area (Å²) in [5.74, 6) is 0.547. The molecule has 1 nitrogen and oxygen atoms in total. The van der Waals surface area contributed by atoms with Crippen LogP contribution in [0.1, 0.15) is 36.5 Å². The Morgan fingerprint density at radius 3 is 2.54 bits per heavy atom. The van der Waals surface area contributed by atoms with E-state index in [4.69, 9.17) is 5.73 Å². The van der Waals surface area contributed by atoms with Gasteiger partial charge < -0.3 is 5.73 Å². The number of hydrogen-bond acceptors (Lipinski definition) is 1. The molecule has 0 atom stereocenters. The predicted octanol–water partition coefficient (Wildman–Crippen LogP) is 3.05. The molecule has 1 heteroatoms.